The van der Waals surface area contributed by atoms with Gasteiger partial charge in [0, 0.05) is 11.9 Å². The van der Waals surface area contributed by atoms with E-state index in [1.165, 1.54) is 30.2 Å². The van der Waals surface area contributed by atoms with Crippen molar-refractivity contribution >= 4 is 28.9 Å². The summed E-state index contributed by atoms with van der Waals surface area (Å²) < 4.78 is 0. The first-order chi connectivity index (χ1) is 14.0. The summed E-state index contributed by atoms with van der Waals surface area (Å²) in [5.74, 6) is -0.420. The number of nitrogens with one attached hydrogen (secondary N) is 2. The average Bonchev–Trinajstić information content (AvgIpc) is 2.73. The van der Waals surface area contributed by atoms with Crippen molar-refractivity contribution in [2.75, 3.05) is 11.1 Å². The second-order valence-corrected chi connectivity index (χ2v) is 7.63. The molecule has 0 fully saturated rings. The molecule has 6 heteroatoms. The van der Waals surface area contributed by atoms with Crippen LogP contribution in [0.1, 0.15) is 48.9 Å². The molecular weight excluding hydrogens is 384 g/mol. The molecule has 0 aliphatic heterocycles. The zero-order valence-electron chi connectivity index (χ0n) is 16.5. The number of fused-ring (bicyclic) bond motifs is 1. The second kappa shape index (κ2) is 9.49. The molecule has 0 aromatic heterocycles. The van der Waals surface area contributed by atoms with E-state index in [9.17, 15) is 10.1 Å². The predicted octanol–water partition coefficient (Wildman–Crippen LogP) is 4.89. The number of carbonyl (C=O) groups excluding carboxylic acids is 1. The lowest BCUT2D eigenvalue weighted by Gasteiger charge is -2.21. The Hall–Kier alpha value is -2.97. The minimum absolute atomic E-state index is 0.0192. The molecule has 3 rings (SSSR count). The molecule has 0 heterocycles. The van der Waals surface area contributed by atoms with Crippen molar-refractivity contribution in [1.29, 1.82) is 5.26 Å². The average molecular weight is 409 g/mol. The summed E-state index contributed by atoms with van der Waals surface area (Å²) in [6.45, 7) is 2.02. The van der Waals surface area contributed by atoms with E-state index in [1.54, 1.807) is 18.2 Å². The van der Waals surface area contributed by atoms with Crippen molar-refractivity contribution in [3.05, 3.63) is 69.9 Å². The number of carbonyl (C=O) groups is 1. The van der Waals surface area contributed by atoms with Gasteiger partial charge in [0.2, 0.25) is 0 Å². The number of benzene rings is 2. The van der Waals surface area contributed by atoms with E-state index < -0.39 is 5.91 Å². The standard InChI is InChI=1S/C23H25ClN4O/c1-2-21(17-8-7-15-5-3-4-6-16(15)11-17)28-23(29)18(13-25)14-27-22-10-9-19(26)12-20(22)24/h7-12,14,21,27H,2-6,26H2,1H3,(H,28,29)/b18-14-. The highest BCUT2D eigenvalue weighted by Gasteiger charge is 2.18. The molecule has 2 aromatic rings. The summed E-state index contributed by atoms with van der Waals surface area (Å²) in [5, 5.41) is 15.7. The molecule has 0 saturated carbocycles. The Morgan fingerprint density at radius 3 is 2.69 bits per heavy atom. The Labute approximate surface area is 176 Å². The molecule has 29 heavy (non-hydrogen) atoms. The third-order valence-corrected chi connectivity index (χ3v) is 5.53. The summed E-state index contributed by atoms with van der Waals surface area (Å²) in [5.41, 5.74) is 10.6. The zero-order chi connectivity index (χ0) is 20.8. The van der Waals surface area contributed by atoms with Crippen LogP contribution in [0.3, 0.4) is 0 Å². The molecule has 0 saturated heterocycles. The van der Waals surface area contributed by atoms with Crippen LogP contribution >= 0.6 is 11.6 Å². The number of halogens is 1. The third kappa shape index (κ3) is 5.10. The van der Waals surface area contributed by atoms with E-state index in [2.05, 4.69) is 28.8 Å². The molecule has 4 N–H and O–H groups in total. The normalized spacial score (nSPS) is 14.4. The summed E-state index contributed by atoms with van der Waals surface area (Å²) >= 11 is 6.13. The molecule has 0 radical (unpaired) electrons. The van der Waals surface area contributed by atoms with Crippen molar-refractivity contribution < 1.29 is 4.79 Å². The van der Waals surface area contributed by atoms with Gasteiger partial charge in [0.25, 0.3) is 5.91 Å². The molecule has 0 spiro atoms. The summed E-state index contributed by atoms with van der Waals surface area (Å²) in [7, 11) is 0. The minimum Gasteiger partial charge on any atom is -0.399 e. The fourth-order valence-electron chi connectivity index (χ4n) is 3.57. The molecule has 5 nitrogen and oxygen atoms in total. The van der Waals surface area contributed by atoms with E-state index >= 15 is 0 Å². The fraction of sp³-hybridized carbons (Fsp3) is 0.304. The first kappa shape index (κ1) is 20.8. The summed E-state index contributed by atoms with van der Waals surface area (Å²) in [6, 6.07) is 13.3. The van der Waals surface area contributed by atoms with E-state index in [-0.39, 0.29) is 11.6 Å². The van der Waals surface area contributed by atoms with Gasteiger partial charge in [-0.3, -0.25) is 4.79 Å². The van der Waals surface area contributed by atoms with Crippen LogP contribution in [0.25, 0.3) is 0 Å². The first-order valence-electron chi connectivity index (χ1n) is 9.86. The Morgan fingerprint density at radius 1 is 1.24 bits per heavy atom. The molecule has 150 valence electrons. The van der Waals surface area contributed by atoms with Crippen molar-refractivity contribution in [3.63, 3.8) is 0 Å². The molecule has 1 unspecified atom stereocenters. The van der Waals surface area contributed by atoms with Gasteiger partial charge in [-0.2, -0.15) is 5.26 Å². The number of hydrogen-bond acceptors (Lipinski definition) is 4. The first-order valence-corrected chi connectivity index (χ1v) is 10.2. The monoisotopic (exact) mass is 408 g/mol. The van der Waals surface area contributed by atoms with E-state index in [0.29, 0.717) is 16.4 Å². The lowest BCUT2D eigenvalue weighted by molar-refractivity contribution is -0.117. The third-order valence-electron chi connectivity index (χ3n) is 5.22. The highest BCUT2D eigenvalue weighted by molar-refractivity contribution is 6.33. The van der Waals surface area contributed by atoms with E-state index in [0.717, 1.165) is 24.8 Å². The summed E-state index contributed by atoms with van der Waals surface area (Å²) in [4.78, 5) is 12.7. The smallest absolute Gasteiger partial charge is 0.263 e. The SMILES string of the molecule is CCC(NC(=O)/C(C#N)=C\Nc1ccc(N)cc1Cl)c1ccc2c(c1)CCCC2. The molecule has 1 aliphatic carbocycles. The number of amides is 1. The van der Waals surface area contributed by atoms with Gasteiger partial charge in [-0.05, 0) is 67.0 Å². The van der Waals surface area contributed by atoms with Crippen LogP contribution in [0.15, 0.2) is 48.2 Å². The number of nitrogens with two attached hydrogens (primary N) is 1. The molecular formula is C23H25ClN4O. The van der Waals surface area contributed by atoms with Crippen LogP contribution in [-0.4, -0.2) is 5.91 Å². The van der Waals surface area contributed by atoms with Gasteiger partial charge < -0.3 is 16.4 Å². The highest BCUT2D eigenvalue weighted by Crippen LogP contribution is 2.27. The van der Waals surface area contributed by atoms with Gasteiger partial charge in [-0.25, -0.2) is 0 Å². The topological polar surface area (TPSA) is 90.9 Å². The lowest BCUT2D eigenvalue weighted by Crippen LogP contribution is -2.29. The molecule has 1 amide bonds. The summed E-state index contributed by atoms with van der Waals surface area (Å²) in [6.07, 6.45) is 6.76. The van der Waals surface area contributed by atoms with Crippen molar-refractivity contribution in [2.45, 2.75) is 45.1 Å². The molecule has 0 bridgehead atoms. The van der Waals surface area contributed by atoms with Crippen molar-refractivity contribution in [1.82, 2.24) is 5.32 Å². The maximum Gasteiger partial charge on any atom is 0.263 e. The Morgan fingerprint density at radius 2 is 2.00 bits per heavy atom. The van der Waals surface area contributed by atoms with Crippen LogP contribution in [-0.2, 0) is 17.6 Å². The van der Waals surface area contributed by atoms with Crippen molar-refractivity contribution in [3.8, 4) is 6.07 Å². The number of anilines is 2. The fourth-order valence-corrected chi connectivity index (χ4v) is 3.82. The number of rotatable bonds is 6. The van der Waals surface area contributed by atoms with Gasteiger partial charge in [-0.1, -0.05) is 36.7 Å². The number of nitrogens with zero attached hydrogens (tertiary/aromatic N) is 1. The van der Waals surface area contributed by atoms with Crippen LogP contribution in [0.2, 0.25) is 5.02 Å². The highest BCUT2D eigenvalue weighted by atomic mass is 35.5. The van der Waals surface area contributed by atoms with Crippen molar-refractivity contribution in [2.24, 2.45) is 0 Å². The van der Waals surface area contributed by atoms with Crippen LogP contribution in [0.5, 0.6) is 0 Å². The van der Waals surface area contributed by atoms with E-state index in [4.69, 9.17) is 17.3 Å². The number of nitriles is 1. The van der Waals surface area contributed by atoms with Crippen LogP contribution < -0.4 is 16.4 Å². The van der Waals surface area contributed by atoms with Crippen LogP contribution in [0, 0.1) is 11.3 Å². The lowest BCUT2D eigenvalue weighted by atomic mass is 9.88. The number of nitrogen functional groups attached to an aromatic ring is 1. The molecule has 1 atom stereocenters. The van der Waals surface area contributed by atoms with Gasteiger partial charge >= 0.3 is 0 Å². The van der Waals surface area contributed by atoms with Gasteiger partial charge in [0.15, 0.2) is 0 Å². The zero-order valence-corrected chi connectivity index (χ0v) is 17.2. The van der Waals surface area contributed by atoms with Gasteiger partial charge in [-0.15, -0.1) is 0 Å². The largest absolute Gasteiger partial charge is 0.399 e. The Kier molecular flexibility index (Phi) is 6.79. The second-order valence-electron chi connectivity index (χ2n) is 7.22. The number of aryl methyl sites for hydroxylation is 2. The Bertz CT molecular complexity index is 977. The Balaban J connectivity index is 1.72. The van der Waals surface area contributed by atoms with Gasteiger partial charge in [0.05, 0.1) is 16.8 Å². The maximum absolute atomic E-state index is 12.7. The van der Waals surface area contributed by atoms with Crippen LogP contribution in [0.4, 0.5) is 11.4 Å². The van der Waals surface area contributed by atoms with E-state index in [1.807, 2.05) is 13.0 Å². The predicted molar refractivity (Wildman–Crippen MR) is 117 cm³/mol. The molecule has 1 aliphatic rings. The quantitative estimate of drug-likeness (QED) is 0.360. The molecule has 2 aromatic carbocycles. The number of hydrogen-bond donors (Lipinski definition) is 3. The minimum atomic E-state index is -0.420. The van der Waals surface area contributed by atoms with Gasteiger partial charge in [0.1, 0.15) is 11.6 Å². The maximum atomic E-state index is 12.7.